The predicted molar refractivity (Wildman–Crippen MR) is 77.1 cm³/mol. The fraction of sp³-hybridized carbons (Fsp3) is 0.667. The van der Waals surface area contributed by atoms with E-state index in [1.54, 1.807) is 0 Å². The highest BCUT2D eigenvalue weighted by atomic mass is 127. The molecule has 3 aliphatic rings. The van der Waals surface area contributed by atoms with E-state index in [0.717, 1.165) is 49.2 Å². The average molecular weight is 546 g/mol. The molecule has 0 saturated carbocycles. The summed E-state index contributed by atoms with van der Waals surface area (Å²) in [6.45, 7) is 5.03. The average Bonchev–Trinajstić information content (AvgIpc) is 2.82. The Bertz CT molecular complexity index is 566. The highest BCUT2D eigenvalue weighted by Crippen LogP contribution is 2.31. The zero-order valence-corrected chi connectivity index (χ0v) is 17.7. The Morgan fingerprint density at radius 3 is 2.74 bits per heavy atom. The monoisotopic (exact) mass is 546 g/mol. The number of aromatic nitrogens is 2. The van der Waals surface area contributed by atoms with Gasteiger partial charge in [-0.2, -0.15) is 0 Å². The van der Waals surface area contributed by atoms with Gasteiger partial charge < -0.3 is 57.6 Å². The van der Waals surface area contributed by atoms with Gasteiger partial charge in [-0.1, -0.05) is 5.16 Å². The van der Waals surface area contributed by atoms with Crippen LogP contribution in [0.2, 0.25) is 0 Å². The molecular formula is C15H24I2N4O2. The van der Waals surface area contributed by atoms with Gasteiger partial charge in [0.2, 0.25) is 0 Å². The van der Waals surface area contributed by atoms with E-state index in [4.69, 9.17) is 5.21 Å². The lowest BCUT2D eigenvalue weighted by Crippen LogP contribution is -3.00. The molecule has 4 heterocycles. The minimum atomic E-state index is 0. The predicted octanol–water partition coefficient (Wildman–Crippen LogP) is -5.67. The first-order valence-corrected chi connectivity index (χ1v) is 7.74. The Balaban J connectivity index is 0.00000132. The summed E-state index contributed by atoms with van der Waals surface area (Å²) >= 11 is 0. The summed E-state index contributed by atoms with van der Waals surface area (Å²) in [5.74, 6) is 1.72. The molecule has 3 fully saturated rings. The largest absolute Gasteiger partial charge is 1.00 e. The fourth-order valence-corrected chi connectivity index (χ4v) is 3.88. The molecule has 3 aliphatic heterocycles. The second kappa shape index (κ2) is 8.75. The summed E-state index contributed by atoms with van der Waals surface area (Å²) in [4.78, 5) is 12.0. The number of oxime groups is 1. The smallest absolute Gasteiger partial charge is 0.303 e. The van der Waals surface area contributed by atoms with E-state index in [9.17, 15) is 4.79 Å². The topological polar surface area (TPSA) is 58.5 Å². The van der Waals surface area contributed by atoms with Crippen molar-refractivity contribution in [3.63, 3.8) is 0 Å². The van der Waals surface area contributed by atoms with Crippen LogP contribution in [0.25, 0.3) is 0 Å². The van der Waals surface area contributed by atoms with Gasteiger partial charge in [0, 0.05) is 25.2 Å². The molecule has 130 valence electrons. The van der Waals surface area contributed by atoms with Crippen LogP contribution in [0.5, 0.6) is 0 Å². The lowest BCUT2D eigenvalue weighted by atomic mass is 9.84. The molecule has 23 heavy (non-hydrogen) atoms. The molecule has 0 aliphatic carbocycles. The summed E-state index contributed by atoms with van der Waals surface area (Å²) in [5, 5.41) is 11.9. The van der Waals surface area contributed by atoms with Crippen molar-refractivity contribution in [2.45, 2.75) is 25.8 Å². The third kappa shape index (κ3) is 4.44. The van der Waals surface area contributed by atoms with Gasteiger partial charge in [-0.3, -0.25) is 4.79 Å². The molecule has 0 aromatic carbocycles. The summed E-state index contributed by atoms with van der Waals surface area (Å²) in [7, 11) is 1.93. The Morgan fingerprint density at radius 1 is 1.43 bits per heavy atom. The zero-order chi connectivity index (χ0) is 14.9. The lowest BCUT2D eigenvalue weighted by molar-refractivity contribution is -0.931. The number of hydrogen-bond donors (Lipinski definition) is 1. The Morgan fingerprint density at radius 2 is 2.13 bits per heavy atom. The number of carbonyl (C=O) groups excluding carboxylic acids is 1. The van der Waals surface area contributed by atoms with Gasteiger partial charge in [-0.25, -0.2) is 9.13 Å². The second-order valence-corrected chi connectivity index (χ2v) is 6.47. The maximum absolute atomic E-state index is 12.0. The maximum Gasteiger partial charge on any atom is 0.303 e. The Labute approximate surface area is 171 Å². The molecule has 0 amide bonds. The standard InChI is InChI=1S/C15H23N4O2.2HI/c1-17-6-7-18(15(17)11-16-21)5-2-8-19-9-3-13(4-10-19)14(20)12-19;;/h6-7,11,13H,2-5,8-10,12H2,1H3;2*1H/q+1;;/p-1. The first-order chi connectivity index (χ1) is 10.1. The lowest BCUT2D eigenvalue weighted by Gasteiger charge is -2.48. The van der Waals surface area contributed by atoms with Gasteiger partial charge in [0.25, 0.3) is 0 Å². The number of ketones is 1. The van der Waals surface area contributed by atoms with E-state index in [2.05, 4.69) is 9.72 Å². The number of hydrogen-bond acceptors (Lipinski definition) is 3. The first kappa shape index (κ1) is 20.8. The van der Waals surface area contributed by atoms with Gasteiger partial charge >= 0.3 is 5.82 Å². The number of halogens is 2. The minimum absolute atomic E-state index is 0. The number of nitrogens with zero attached hydrogens (tertiary/aromatic N) is 4. The van der Waals surface area contributed by atoms with Gasteiger partial charge in [0.15, 0.2) is 12.0 Å². The number of quaternary nitrogens is 1. The number of fused-ring (bicyclic) bond motifs is 3. The van der Waals surface area contributed by atoms with Crippen molar-refractivity contribution in [1.82, 2.24) is 4.57 Å². The number of Topliss-reactive ketones (excluding diaryl/α,β-unsaturated/α-hetero) is 1. The number of imidazole rings is 1. The molecule has 0 unspecified atom stereocenters. The van der Waals surface area contributed by atoms with Crippen LogP contribution >= 0.6 is 0 Å². The van der Waals surface area contributed by atoms with Crippen LogP contribution in [0.4, 0.5) is 0 Å². The van der Waals surface area contributed by atoms with Crippen LogP contribution in [0.15, 0.2) is 17.5 Å². The molecule has 8 heteroatoms. The van der Waals surface area contributed by atoms with E-state index in [0.29, 0.717) is 11.7 Å². The number of carbonyl (C=O) groups is 1. The van der Waals surface area contributed by atoms with E-state index < -0.39 is 0 Å². The molecule has 1 N–H and O–H groups in total. The molecule has 1 aromatic rings. The zero-order valence-electron chi connectivity index (χ0n) is 13.4. The first-order valence-electron chi connectivity index (χ1n) is 7.74. The fourth-order valence-electron chi connectivity index (χ4n) is 3.88. The van der Waals surface area contributed by atoms with E-state index in [-0.39, 0.29) is 48.0 Å². The SMILES string of the molecule is C[n+]1ccn(CCC[N+]23CCC(CC2)C(=O)C3)c1/C=N/O.[I-].[I-]. The number of aryl methyl sites for hydroxylation is 2. The van der Waals surface area contributed by atoms with Crippen molar-refractivity contribution in [2.24, 2.45) is 18.1 Å². The van der Waals surface area contributed by atoms with Crippen molar-refractivity contribution in [3.05, 3.63) is 18.2 Å². The maximum atomic E-state index is 12.0. The molecule has 1 aromatic heterocycles. The highest BCUT2D eigenvalue weighted by molar-refractivity contribution is 5.83. The summed E-state index contributed by atoms with van der Waals surface area (Å²) in [6, 6.07) is 0. The molecule has 0 radical (unpaired) electrons. The van der Waals surface area contributed by atoms with Crippen LogP contribution in [-0.4, -0.2) is 52.4 Å². The van der Waals surface area contributed by atoms with Crippen LogP contribution in [-0.2, 0) is 18.4 Å². The minimum Gasteiger partial charge on any atom is -1.00 e. The summed E-state index contributed by atoms with van der Waals surface area (Å²) in [6.07, 6.45) is 8.63. The molecule has 6 nitrogen and oxygen atoms in total. The number of rotatable bonds is 5. The van der Waals surface area contributed by atoms with Crippen LogP contribution < -0.4 is 52.5 Å². The van der Waals surface area contributed by atoms with Crippen LogP contribution in [0, 0.1) is 5.92 Å². The molecule has 4 rings (SSSR count). The van der Waals surface area contributed by atoms with E-state index in [1.165, 1.54) is 19.3 Å². The molecule has 3 saturated heterocycles. The van der Waals surface area contributed by atoms with Crippen LogP contribution in [0.1, 0.15) is 25.1 Å². The van der Waals surface area contributed by atoms with Crippen molar-refractivity contribution >= 4 is 12.0 Å². The van der Waals surface area contributed by atoms with Gasteiger partial charge in [0.05, 0.1) is 33.2 Å². The van der Waals surface area contributed by atoms with Gasteiger partial charge in [-0.15, -0.1) is 0 Å². The third-order valence-electron chi connectivity index (χ3n) is 5.18. The quantitative estimate of drug-likeness (QED) is 0.100. The summed E-state index contributed by atoms with van der Waals surface area (Å²) in [5.41, 5.74) is 0. The Hall–Kier alpha value is -0.230. The van der Waals surface area contributed by atoms with Crippen molar-refractivity contribution < 1.29 is 67.0 Å². The van der Waals surface area contributed by atoms with Crippen molar-refractivity contribution in [1.29, 1.82) is 0 Å². The normalized spacial score (nSPS) is 26.1. The van der Waals surface area contributed by atoms with E-state index >= 15 is 0 Å². The summed E-state index contributed by atoms with van der Waals surface area (Å²) < 4.78 is 5.02. The highest BCUT2D eigenvalue weighted by Gasteiger charge is 2.44. The van der Waals surface area contributed by atoms with Crippen molar-refractivity contribution in [2.75, 3.05) is 26.2 Å². The number of piperidine rings is 3. The Kier molecular flexibility index (Phi) is 7.91. The van der Waals surface area contributed by atoms with Gasteiger partial charge in [-0.05, 0) is 0 Å². The molecule has 0 atom stereocenters. The second-order valence-electron chi connectivity index (χ2n) is 6.47. The third-order valence-corrected chi connectivity index (χ3v) is 5.18. The van der Waals surface area contributed by atoms with Crippen LogP contribution in [0.3, 0.4) is 0 Å². The van der Waals surface area contributed by atoms with E-state index in [1.807, 2.05) is 24.0 Å². The van der Waals surface area contributed by atoms with Crippen molar-refractivity contribution in [3.8, 4) is 0 Å². The molecular weight excluding hydrogens is 522 g/mol. The molecule has 2 bridgehead atoms. The molecule has 0 spiro atoms. The van der Waals surface area contributed by atoms with Gasteiger partial charge in [0.1, 0.15) is 18.9 Å².